The molecule has 2 N–H and O–H groups in total. The second kappa shape index (κ2) is 3.54. The van der Waals surface area contributed by atoms with Gasteiger partial charge in [0.15, 0.2) is 0 Å². The Hall–Kier alpha value is -0.770. The molecule has 0 aromatic carbocycles. The fourth-order valence-electron chi connectivity index (χ4n) is 1.43. The van der Waals surface area contributed by atoms with Crippen LogP contribution in [0.4, 0.5) is 4.79 Å². The monoisotopic (exact) mass is 188 g/mol. The fraction of sp³-hybridized carbons (Fsp3) is 0.889. The van der Waals surface area contributed by atoms with Crippen LogP contribution in [0.15, 0.2) is 0 Å². The van der Waals surface area contributed by atoms with Gasteiger partial charge in [0.1, 0.15) is 5.60 Å². The van der Waals surface area contributed by atoms with Crippen molar-refractivity contribution in [1.29, 1.82) is 0 Å². The van der Waals surface area contributed by atoms with Crippen LogP contribution < -0.4 is 0 Å². The van der Waals surface area contributed by atoms with Crippen molar-refractivity contribution < 1.29 is 19.7 Å². The molecule has 1 unspecified atom stereocenters. The van der Waals surface area contributed by atoms with Gasteiger partial charge < -0.3 is 14.9 Å². The molecule has 0 heterocycles. The van der Waals surface area contributed by atoms with Gasteiger partial charge in [0.25, 0.3) is 0 Å². The van der Waals surface area contributed by atoms with Crippen LogP contribution in [0.5, 0.6) is 0 Å². The standard InChI is InChI=1S/C9H16O4/c1-9(2,13-8(11)12)5-7(10)6-3-4-6/h6-7,10H,3-5H2,1-2H3,(H,11,12). The van der Waals surface area contributed by atoms with Crippen LogP contribution in [0, 0.1) is 5.92 Å². The molecule has 1 aliphatic carbocycles. The van der Waals surface area contributed by atoms with Gasteiger partial charge in [-0.1, -0.05) is 0 Å². The van der Waals surface area contributed by atoms with E-state index in [1.165, 1.54) is 0 Å². The van der Waals surface area contributed by atoms with Crippen molar-refractivity contribution in [3.63, 3.8) is 0 Å². The van der Waals surface area contributed by atoms with Crippen molar-refractivity contribution in [3.05, 3.63) is 0 Å². The first-order valence-corrected chi connectivity index (χ1v) is 4.51. The number of hydrogen-bond acceptors (Lipinski definition) is 3. The van der Waals surface area contributed by atoms with Gasteiger partial charge in [0.05, 0.1) is 6.10 Å². The lowest BCUT2D eigenvalue weighted by Crippen LogP contribution is -2.32. The largest absolute Gasteiger partial charge is 0.506 e. The number of carboxylic acid groups (broad SMARTS) is 1. The van der Waals surface area contributed by atoms with E-state index < -0.39 is 17.9 Å². The highest BCUT2D eigenvalue weighted by Gasteiger charge is 2.35. The molecule has 1 atom stereocenters. The SMILES string of the molecule is CC(C)(CC(O)C1CC1)OC(=O)O. The van der Waals surface area contributed by atoms with E-state index in [0.29, 0.717) is 12.3 Å². The first kappa shape index (κ1) is 10.3. The van der Waals surface area contributed by atoms with Crippen LogP contribution in [0.3, 0.4) is 0 Å². The Morgan fingerprint density at radius 3 is 2.54 bits per heavy atom. The van der Waals surface area contributed by atoms with Gasteiger partial charge in [-0.05, 0) is 32.6 Å². The van der Waals surface area contributed by atoms with Crippen molar-refractivity contribution in [1.82, 2.24) is 0 Å². The molecule has 0 bridgehead atoms. The summed E-state index contributed by atoms with van der Waals surface area (Å²) in [7, 11) is 0. The molecule has 0 aliphatic heterocycles. The molecule has 1 rings (SSSR count). The summed E-state index contributed by atoms with van der Waals surface area (Å²) < 4.78 is 4.64. The zero-order valence-electron chi connectivity index (χ0n) is 7.99. The third kappa shape index (κ3) is 3.63. The van der Waals surface area contributed by atoms with Gasteiger partial charge in [0.2, 0.25) is 0 Å². The van der Waals surface area contributed by atoms with Gasteiger partial charge in [-0.2, -0.15) is 0 Å². The minimum absolute atomic E-state index is 0.358. The maximum absolute atomic E-state index is 10.3. The highest BCUT2D eigenvalue weighted by molar-refractivity contribution is 5.57. The summed E-state index contributed by atoms with van der Waals surface area (Å²) >= 11 is 0. The van der Waals surface area contributed by atoms with E-state index in [1.54, 1.807) is 13.8 Å². The van der Waals surface area contributed by atoms with Gasteiger partial charge in [-0.25, -0.2) is 4.79 Å². The van der Waals surface area contributed by atoms with Crippen LogP contribution in [0.1, 0.15) is 33.1 Å². The summed E-state index contributed by atoms with van der Waals surface area (Å²) in [5.74, 6) is 0.358. The van der Waals surface area contributed by atoms with E-state index >= 15 is 0 Å². The molecule has 0 amide bonds. The number of rotatable bonds is 4. The molecule has 4 heteroatoms. The zero-order chi connectivity index (χ0) is 10.1. The van der Waals surface area contributed by atoms with Gasteiger partial charge in [0, 0.05) is 6.42 Å². The number of aliphatic hydroxyl groups is 1. The lowest BCUT2D eigenvalue weighted by molar-refractivity contribution is -0.0289. The molecule has 1 aliphatic rings. The number of ether oxygens (including phenoxy) is 1. The van der Waals surface area contributed by atoms with Gasteiger partial charge in [-0.15, -0.1) is 0 Å². The van der Waals surface area contributed by atoms with Crippen LogP contribution in [0.2, 0.25) is 0 Å². The Bertz CT molecular complexity index is 196. The second-order valence-corrected chi connectivity index (χ2v) is 4.24. The minimum Gasteiger partial charge on any atom is -0.450 e. The molecular formula is C9H16O4. The summed E-state index contributed by atoms with van der Waals surface area (Å²) in [4.78, 5) is 10.3. The molecule has 0 radical (unpaired) electrons. The quantitative estimate of drug-likeness (QED) is 0.658. The van der Waals surface area contributed by atoms with Gasteiger partial charge in [-0.3, -0.25) is 0 Å². The highest BCUT2D eigenvalue weighted by Crippen LogP contribution is 2.36. The predicted octanol–water partition coefficient (Wildman–Crippen LogP) is 1.62. The van der Waals surface area contributed by atoms with Crippen molar-refractivity contribution >= 4 is 6.16 Å². The Morgan fingerprint density at radius 1 is 1.62 bits per heavy atom. The van der Waals surface area contributed by atoms with Crippen LogP contribution in [0.25, 0.3) is 0 Å². The normalized spacial score (nSPS) is 19.6. The van der Waals surface area contributed by atoms with Crippen LogP contribution in [-0.4, -0.2) is 28.1 Å². The van der Waals surface area contributed by atoms with Crippen molar-refractivity contribution in [2.24, 2.45) is 5.92 Å². The Kier molecular flexibility index (Phi) is 2.81. The Balaban J connectivity index is 2.35. The number of hydrogen-bond donors (Lipinski definition) is 2. The zero-order valence-corrected chi connectivity index (χ0v) is 7.99. The molecular weight excluding hydrogens is 172 g/mol. The van der Waals surface area contributed by atoms with E-state index in [1.807, 2.05) is 0 Å². The number of aliphatic hydroxyl groups excluding tert-OH is 1. The van der Waals surface area contributed by atoms with Crippen molar-refractivity contribution in [3.8, 4) is 0 Å². The van der Waals surface area contributed by atoms with E-state index in [2.05, 4.69) is 4.74 Å². The average Bonchev–Trinajstić information content (AvgIpc) is 2.60. The third-order valence-electron chi connectivity index (χ3n) is 2.23. The molecule has 0 aromatic heterocycles. The summed E-state index contributed by atoms with van der Waals surface area (Å²) in [6.45, 7) is 3.35. The van der Waals surface area contributed by atoms with E-state index in [0.717, 1.165) is 12.8 Å². The van der Waals surface area contributed by atoms with Crippen LogP contribution >= 0.6 is 0 Å². The first-order chi connectivity index (χ1) is 5.91. The predicted molar refractivity (Wildman–Crippen MR) is 46.5 cm³/mol. The van der Waals surface area contributed by atoms with Crippen LogP contribution in [-0.2, 0) is 4.74 Å². The molecule has 1 saturated carbocycles. The second-order valence-electron chi connectivity index (χ2n) is 4.24. The maximum Gasteiger partial charge on any atom is 0.506 e. The molecule has 0 saturated heterocycles. The molecule has 0 spiro atoms. The molecule has 0 aromatic rings. The lowest BCUT2D eigenvalue weighted by Gasteiger charge is -2.25. The van der Waals surface area contributed by atoms with E-state index in [-0.39, 0.29) is 0 Å². The van der Waals surface area contributed by atoms with Crippen molar-refractivity contribution in [2.45, 2.75) is 44.8 Å². The third-order valence-corrected chi connectivity index (χ3v) is 2.23. The highest BCUT2D eigenvalue weighted by atomic mass is 16.7. The smallest absolute Gasteiger partial charge is 0.450 e. The molecule has 13 heavy (non-hydrogen) atoms. The van der Waals surface area contributed by atoms with E-state index in [9.17, 15) is 9.90 Å². The van der Waals surface area contributed by atoms with Crippen molar-refractivity contribution in [2.75, 3.05) is 0 Å². The summed E-state index contributed by atoms with van der Waals surface area (Å²) in [5.41, 5.74) is -0.784. The topological polar surface area (TPSA) is 66.8 Å². The average molecular weight is 188 g/mol. The molecule has 76 valence electrons. The summed E-state index contributed by atoms with van der Waals surface area (Å²) in [6, 6.07) is 0. The first-order valence-electron chi connectivity index (χ1n) is 4.51. The fourth-order valence-corrected chi connectivity index (χ4v) is 1.43. The van der Waals surface area contributed by atoms with E-state index in [4.69, 9.17) is 5.11 Å². The lowest BCUT2D eigenvalue weighted by atomic mass is 9.98. The molecule has 1 fully saturated rings. The van der Waals surface area contributed by atoms with Gasteiger partial charge >= 0.3 is 6.16 Å². The Labute approximate surface area is 77.5 Å². The number of carbonyl (C=O) groups is 1. The summed E-state index contributed by atoms with van der Waals surface area (Å²) in [5, 5.41) is 18.0. The minimum atomic E-state index is -1.28. The maximum atomic E-state index is 10.3. The molecule has 4 nitrogen and oxygen atoms in total. The summed E-state index contributed by atoms with van der Waals surface area (Å²) in [6.07, 6.45) is 0.765. The Morgan fingerprint density at radius 2 is 2.15 bits per heavy atom.